The van der Waals surface area contributed by atoms with Gasteiger partial charge in [0.1, 0.15) is 0 Å². The maximum absolute atomic E-state index is 8.63. The molecular formula is C8H13NO2S. The van der Waals surface area contributed by atoms with Crippen molar-refractivity contribution in [3.8, 4) is 0 Å². The van der Waals surface area contributed by atoms with E-state index in [1.807, 2.05) is 5.38 Å². The minimum Gasteiger partial charge on any atom is -0.396 e. The normalized spacial score (nSPS) is 10.5. The Morgan fingerprint density at radius 1 is 1.25 bits per heavy atom. The highest BCUT2D eigenvalue weighted by Crippen LogP contribution is 2.11. The van der Waals surface area contributed by atoms with E-state index in [9.17, 15) is 0 Å². The van der Waals surface area contributed by atoms with Crippen molar-refractivity contribution in [2.45, 2.75) is 19.3 Å². The lowest BCUT2D eigenvalue weighted by molar-refractivity contribution is 0.288. The summed E-state index contributed by atoms with van der Waals surface area (Å²) in [5.41, 5.74) is 0.954. The molecule has 0 aliphatic carbocycles. The van der Waals surface area contributed by atoms with Crippen LogP contribution in [0.1, 0.15) is 17.1 Å². The maximum atomic E-state index is 8.63. The van der Waals surface area contributed by atoms with Gasteiger partial charge in [-0.2, -0.15) is 0 Å². The molecule has 0 saturated heterocycles. The molecule has 3 nitrogen and oxygen atoms in total. The Morgan fingerprint density at radius 2 is 2.08 bits per heavy atom. The van der Waals surface area contributed by atoms with E-state index in [2.05, 4.69) is 4.98 Å². The second kappa shape index (κ2) is 5.24. The number of hydrogen-bond donors (Lipinski definition) is 2. The minimum absolute atomic E-state index is 0.156. The molecule has 0 spiro atoms. The first-order valence-corrected chi connectivity index (χ1v) is 4.89. The SMILES string of the molecule is OCCCc1nc(CCO)cs1. The highest BCUT2D eigenvalue weighted by Gasteiger charge is 2.00. The molecule has 2 N–H and O–H groups in total. The van der Waals surface area contributed by atoms with E-state index in [0.717, 1.165) is 23.5 Å². The number of nitrogens with zero attached hydrogens (tertiary/aromatic N) is 1. The molecule has 0 radical (unpaired) electrons. The second-order valence-corrected chi connectivity index (χ2v) is 3.48. The summed E-state index contributed by atoms with van der Waals surface area (Å²) in [7, 11) is 0. The number of aliphatic hydroxyl groups excluding tert-OH is 2. The zero-order chi connectivity index (χ0) is 8.81. The molecule has 1 rings (SSSR count). The summed E-state index contributed by atoms with van der Waals surface area (Å²) in [6.07, 6.45) is 2.24. The largest absolute Gasteiger partial charge is 0.396 e. The van der Waals surface area contributed by atoms with Crippen molar-refractivity contribution in [2.24, 2.45) is 0 Å². The first kappa shape index (κ1) is 9.64. The molecule has 4 heteroatoms. The fraction of sp³-hybridized carbons (Fsp3) is 0.625. The molecule has 0 unspecified atom stereocenters. The Labute approximate surface area is 75.7 Å². The number of hydrogen-bond acceptors (Lipinski definition) is 4. The molecule has 0 saturated carbocycles. The van der Waals surface area contributed by atoms with E-state index in [-0.39, 0.29) is 13.2 Å². The van der Waals surface area contributed by atoms with Crippen LogP contribution in [0.2, 0.25) is 0 Å². The van der Waals surface area contributed by atoms with Crippen molar-refractivity contribution in [3.63, 3.8) is 0 Å². The summed E-state index contributed by atoms with van der Waals surface area (Å²) >= 11 is 1.60. The Kier molecular flexibility index (Phi) is 4.21. The Bertz CT molecular complexity index is 225. The smallest absolute Gasteiger partial charge is 0.0929 e. The molecular weight excluding hydrogens is 174 g/mol. The van der Waals surface area contributed by atoms with Gasteiger partial charge in [0.25, 0.3) is 0 Å². The van der Waals surface area contributed by atoms with Gasteiger partial charge in [-0.3, -0.25) is 0 Å². The molecule has 0 aliphatic heterocycles. The van der Waals surface area contributed by atoms with Gasteiger partial charge in [0, 0.05) is 31.4 Å². The lowest BCUT2D eigenvalue weighted by Gasteiger charge is -1.91. The van der Waals surface area contributed by atoms with Crippen molar-refractivity contribution < 1.29 is 10.2 Å². The molecule has 0 fully saturated rings. The fourth-order valence-corrected chi connectivity index (χ4v) is 1.80. The summed E-state index contributed by atoms with van der Waals surface area (Å²) in [5, 5.41) is 20.2. The van der Waals surface area contributed by atoms with Gasteiger partial charge in [-0.05, 0) is 6.42 Å². The fourth-order valence-electron chi connectivity index (χ4n) is 0.923. The van der Waals surface area contributed by atoms with Gasteiger partial charge in [-0.15, -0.1) is 11.3 Å². The lowest BCUT2D eigenvalue weighted by atomic mass is 10.3. The van der Waals surface area contributed by atoms with Gasteiger partial charge in [0.15, 0.2) is 0 Å². The molecule has 1 aromatic rings. The summed E-state index contributed by atoms with van der Waals surface area (Å²) < 4.78 is 0. The minimum atomic E-state index is 0.156. The number of rotatable bonds is 5. The summed E-state index contributed by atoms with van der Waals surface area (Å²) in [6.45, 7) is 0.373. The van der Waals surface area contributed by atoms with Crippen LogP contribution < -0.4 is 0 Å². The van der Waals surface area contributed by atoms with Gasteiger partial charge >= 0.3 is 0 Å². The van der Waals surface area contributed by atoms with Crippen molar-refractivity contribution in [1.29, 1.82) is 0 Å². The van der Waals surface area contributed by atoms with E-state index < -0.39 is 0 Å². The molecule has 1 heterocycles. The first-order valence-electron chi connectivity index (χ1n) is 4.02. The van der Waals surface area contributed by atoms with Gasteiger partial charge < -0.3 is 10.2 Å². The van der Waals surface area contributed by atoms with E-state index in [1.165, 1.54) is 0 Å². The summed E-state index contributed by atoms with van der Waals surface area (Å²) in [4.78, 5) is 4.28. The van der Waals surface area contributed by atoms with Crippen molar-refractivity contribution in [1.82, 2.24) is 4.98 Å². The third-order valence-electron chi connectivity index (χ3n) is 1.52. The molecule has 12 heavy (non-hydrogen) atoms. The van der Waals surface area contributed by atoms with Crippen LogP contribution in [0.4, 0.5) is 0 Å². The molecule has 0 aromatic carbocycles. The Hall–Kier alpha value is -0.450. The number of thiazole rings is 1. The van der Waals surface area contributed by atoms with Crippen LogP contribution in [-0.4, -0.2) is 28.4 Å². The van der Waals surface area contributed by atoms with Gasteiger partial charge in [-0.25, -0.2) is 4.98 Å². The quantitative estimate of drug-likeness (QED) is 0.710. The molecule has 1 aromatic heterocycles. The molecule has 0 amide bonds. The number of aryl methyl sites for hydroxylation is 1. The number of aliphatic hydroxyl groups is 2. The molecule has 0 atom stereocenters. The molecule has 68 valence electrons. The highest BCUT2D eigenvalue weighted by molar-refractivity contribution is 7.09. The maximum Gasteiger partial charge on any atom is 0.0929 e. The zero-order valence-corrected chi connectivity index (χ0v) is 7.68. The first-order chi connectivity index (χ1) is 5.86. The van der Waals surface area contributed by atoms with Crippen molar-refractivity contribution in [3.05, 3.63) is 16.1 Å². The van der Waals surface area contributed by atoms with Gasteiger partial charge in [0.05, 0.1) is 10.7 Å². The summed E-state index contributed by atoms with van der Waals surface area (Å²) in [5.74, 6) is 0. The Morgan fingerprint density at radius 3 is 2.75 bits per heavy atom. The standard InChI is InChI=1S/C8H13NO2S/c10-4-1-2-8-9-7(3-5-11)6-12-8/h6,10-11H,1-5H2. The summed E-state index contributed by atoms with van der Waals surface area (Å²) in [6, 6.07) is 0. The lowest BCUT2D eigenvalue weighted by Crippen LogP contribution is -1.92. The Balaban J connectivity index is 2.41. The average Bonchev–Trinajstić information content (AvgIpc) is 2.50. The van der Waals surface area contributed by atoms with Crippen molar-refractivity contribution >= 4 is 11.3 Å². The topological polar surface area (TPSA) is 53.4 Å². The van der Waals surface area contributed by atoms with E-state index in [4.69, 9.17) is 10.2 Å². The third-order valence-corrected chi connectivity index (χ3v) is 2.47. The van der Waals surface area contributed by atoms with Crippen LogP contribution >= 0.6 is 11.3 Å². The zero-order valence-electron chi connectivity index (χ0n) is 6.86. The third kappa shape index (κ3) is 2.89. The van der Waals surface area contributed by atoms with E-state index >= 15 is 0 Å². The average molecular weight is 187 g/mol. The van der Waals surface area contributed by atoms with Gasteiger partial charge in [0.2, 0.25) is 0 Å². The van der Waals surface area contributed by atoms with Crippen LogP contribution in [0.3, 0.4) is 0 Å². The predicted molar refractivity (Wildman–Crippen MR) is 48.3 cm³/mol. The number of aromatic nitrogens is 1. The highest BCUT2D eigenvalue weighted by atomic mass is 32.1. The van der Waals surface area contributed by atoms with Crippen LogP contribution in [0, 0.1) is 0 Å². The van der Waals surface area contributed by atoms with Crippen LogP contribution in [0.15, 0.2) is 5.38 Å². The van der Waals surface area contributed by atoms with Crippen molar-refractivity contribution in [2.75, 3.05) is 13.2 Å². The molecule has 0 aliphatic rings. The molecule has 0 bridgehead atoms. The van der Waals surface area contributed by atoms with E-state index in [0.29, 0.717) is 6.42 Å². The second-order valence-electron chi connectivity index (χ2n) is 2.53. The van der Waals surface area contributed by atoms with Crippen LogP contribution in [0.25, 0.3) is 0 Å². The van der Waals surface area contributed by atoms with E-state index in [1.54, 1.807) is 11.3 Å². The van der Waals surface area contributed by atoms with Crippen LogP contribution in [0.5, 0.6) is 0 Å². The monoisotopic (exact) mass is 187 g/mol. The van der Waals surface area contributed by atoms with Gasteiger partial charge in [-0.1, -0.05) is 0 Å². The van der Waals surface area contributed by atoms with Crippen LogP contribution in [-0.2, 0) is 12.8 Å². The predicted octanol–water partition coefficient (Wildman–Crippen LogP) is 0.603.